The monoisotopic (exact) mass is 329 g/mol. The Balaban J connectivity index is 2.01. The number of ether oxygens (including phenoxy) is 1. The predicted molar refractivity (Wildman–Crippen MR) is 74.6 cm³/mol. The summed E-state index contributed by atoms with van der Waals surface area (Å²) in [5, 5.41) is 3.04. The van der Waals surface area contributed by atoms with E-state index in [2.05, 4.69) is 31.2 Å². The van der Waals surface area contributed by atoms with Gasteiger partial charge < -0.3 is 20.7 Å². The molecule has 1 aliphatic heterocycles. The molecule has 1 amide bonds. The number of morpholine rings is 1. The summed E-state index contributed by atoms with van der Waals surface area (Å²) >= 11 is 3.30. The van der Waals surface area contributed by atoms with Crippen LogP contribution in [0.4, 0.5) is 11.6 Å². The number of hydrogen-bond donors (Lipinski definition) is 2. The maximum atomic E-state index is 12.2. The third-order valence-corrected chi connectivity index (χ3v) is 3.64. The summed E-state index contributed by atoms with van der Waals surface area (Å²) in [6.45, 7) is 4.21. The van der Waals surface area contributed by atoms with Crippen LogP contribution in [0.5, 0.6) is 0 Å². The number of rotatable bonds is 3. The molecule has 8 heteroatoms. The quantitative estimate of drug-likeness (QED) is 0.837. The Morgan fingerprint density at radius 2 is 2.21 bits per heavy atom. The fraction of sp³-hybridized carbons (Fsp3) is 0.545. The zero-order valence-electron chi connectivity index (χ0n) is 10.6. The van der Waals surface area contributed by atoms with Gasteiger partial charge in [-0.3, -0.25) is 4.79 Å². The van der Waals surface area contributed by atoms with Gasteiger partial charge in [-0.25, -0.2) is 9.97 Å². The third-order valence-electron chi connectivity index (χ3n) is 2.86. The van der Waals surface area contributed by atoms with Crippen molar-refractivity contribution in [2.24, 2.45) is 0 Å². The van der Waals surface area contributed by atoms with Crippen LogP contribution in [0.25, 0.3) is 0 Å². The van der Waals surface area contributed by atoms with E-state index >= 15 is 0 Å². The van der Waals surface area contributed by atoms with E-state index < -0.39 is 0 Å². The van der Waals surface area contributed by atoms with Crippen molar-refractivity contribution >= 4 is 33.5 Å². The van der Waals surface area contributed by atoms with Gasteiger partial charge >= 0.3 is 0 Å². The standard InChI is InChI=1S/C11H16BrN5O2/c1-7(11(18)17-2-4-19-5-3-17)16-10-8(12)9(13)14-6-15-10/h6-7H,2-5H2,1H3,(H3,13,14,15,16). The van der Waals surface area contributed by atoms with E-state index in [-0.39, 0.29) is 11.9 Å². The van der Waals surface area contributed by atoms with Crippen molar-refractivity contribution in [2.75, 3.05) is 37.4 Å². The Kier molecular flexibility index (Phi) is 4.54. The summed E-state index contributed by atoms with van der Waals surface area (Å²) < 4.78 is 5.79. The molecule has 1 aromatic rings. The number of nitrogens with two attached hydrogens (primary N) is 1. The average Bonchev–Trinajstić information content (AvgIpc) is 2.44. The molecule has 1 fully saturated rings. The first kappa shape index (κ1) is 14.0. The predicted octanol–water partition coefficient (Wildman–Crippen LogP) is 0.480. The number of nitrogen functional groups attached to an aromatic ring is 1. The minimum Gasteiger partial charge on any atom is -0.383 e. The second kappa shape index (κ2) is 6.16. The van der Waals surface area contributed by atoms with Gasteiger partial charge in [0.1, 0.15) is 28.5 Å². The van der Waals surface area contributed by atoms with Crippen molar-refractivity contribution in [3.63, 3.8) is 0 Å². The Morgan fingerprint density at radius 1 is 1.53 bits per heavy atom. The first-order chi connectivity index (χ1) is 9.09. The molecular weight excluding hydrogens is 314 g/mol. The van der Waals surface area contributed by atoms with Crippen molar-refractivity contribution in [2.45, 2.75) is 13.0 Å². The molecule has 3 N–H and O–H groups in total. The number of aromatic nitrogens is 2. The number of carbonyl (C=O) groups is 1. The maximum Gasteiger partial charge on any atom is 0.244 e. The lowest BCUT2D eigenvalue weighted by molar-refractivity contribution is -0.135. The molecule has 104 valence electrons. The van der Waals surface area contributed by atoms with Gasteiger partial charge in [-0.15, -0.1) is 0 Å². The van der Waals surface area contributed by atoms with Crippen LogP contribution in [-0.4, -0.2) is 53.1 Å². The van der Waals surface area contributed by atoms with Crippen LogP contribution in [0.15, 0.2) is 10.8 Å². The normalized spacial score (nSPS) is 17.1. The van der Waals surface area contributed by atoms with Crippen molar-refractivity contribution in [3.8, 4) is 0 Å². The van der Waals surface area contributed by atoms with Gasteiger partial charge in [0.25, 0.3) is 0 Å². The van der Waals surface area contributed by atoms with Crippen LogP contribution in [0.3, 0.4) is 0 Å². The molecular formula is C11H16BrN5O2. The van der Waals surface area contributed by atoms with Gasteiger partial charge in [-0.05, 0) is 22.9 Å². The number of nitrogens with zero attached hydrogens (tertiary/aromatic N) is 3. The van der Waals surface area contributed by atoms with E-state index in [0.29, 0.717) is 42.4 Å². The van der Waals surface area contributed by atoms with Crippen LogP contribution in [0.2, 0.25) is 0 Å². The lowest BCUT2D eigenvalue weighted by Gasteiger charge is -2.29. The summed E-state index contributed by atoms with van der Waals surface area (Å²) in [6, 6.07) is -0.385. The minimum absolute atomic E-state index is 0.0207. The van der Waals surface area contributed by atoms with Gasteiger partial charge in [-0.1, -0.05) is 0 Å². The highest BCUT2D eigenvalue weighted by Crippen LogP contribution is 2.24. The molecule has 0 saturated carbocycles. The summed E-state index contributed by atoms with van der Waals surface area (Å²) in [5.74, 6) is 0.873. The van der Waals surface area contributed by atoms with Crippen molar-refractivity contribution in [1.29, 1.82) is 0 Å². The third kappa shape index (κ3) is 3.32. The number of hydrogen-bond acceptors (Lipinski definition) is 6. The first-order valence-electron chi connectivity index (χ1n) is 5.98. The molecule has 0 spiro atoms. The molecule has 0 radical (unpaired) electrons. The molecule has 1 aliphatic rings. The minimum atomic E-state index is -0.385. The Labute approximate surface area is 119 Å². The number of halogens is 1. The van der Waals surface area contributed by atoms with Crippen molar-refractivity contribution in [3.05, 3.63) is 10.8 Å². The van der Waals surface area contributed by atoms with Crippen LogP contribution in [0.1, 0.15) is 6.92 Å². The van der Waals surface area contributed by atoms with Crippen LogP contribution in [0, 0.1) is 0 Å². The Morgan fingerprint density at radius 3 is 2.89 bits per heavy atom. The molecule has 1 unspecified atom stereocenters. The highest BCUT2D eigenvalue weighted by atomic mass is 79.9. The number of anilines is 2. The zero-order chi connectivity index (χ0) is 13.8. The second-order valence-corrected chi connectivity index (χ2v) is 5.02. The maximum absolute atomic E-state index is 12.2. The molecule has 1 atom stereocenters. The first-order valence-corrected chi connectivity index (χ1v) is 6.78. The molecule has 0 aromatic carbocycles. The fourth-order valence-corrected chi connectivity index (χ4v) is 2.13. The Bertz CT molecular complexity index is 464. The van der Waals surface area contributed by atoms with E-state index in [1.807, 2.05) is 0 Å². The van der Waals surface area contributed by atoms with E-state index in [9.17, 15) is 4.79 Å². The van der Waals surface area contributed by atoms with Crippen molar-refractivity contribution in [1.82, 2.24) is 14.9 Å². The number of nitrogens with one attached hydrogen (secondary N) is 1. The average molecular weight is 330 g/mol. The Hall–Kier alpha value is -1.41. The van der Waals surface area contributed by atoms with Gasteiger partial charge in [-0.2, -0.15) is 0 Å². The van der Waals surface area contributed by atoms with Crippen LogP contribution >= 0.6 is 15.9 Å². The number of amides is 1. The fourth-order valence-electron chi connectivity index (χ4n) is 1.81. The lowest BCUT2D eigenvalue weighted by Crippen LogP contribution is -2.47. The molecule has 0 bridgehead atoms. The molecule has 1 saturated heterocycles. The molecule has 2 rings (SSSR count). The van der Waals surface area contributed by atoms with Crippen LogP contribution in [-0.2, 0) is 9.53 Å². The summed E-state index contributed by atoms with van der Waals surface area (Å²) in [4.78, 5) is 21.9. The highest BCUT2D eigenvalue weighted by Gasteiger charge is 2.23. The van der Waals surface area contributed by atoms with E-state index in [0.717, 1.165) is 0 Å². The van der Waals surface area contributed by atoms with E-state index in [1.54, 1.807) is 11.8 Å². The largest absolute Gasteiger partial charge is 0.383 e. The SMILES string of the molecule is CC(Nc1ncnc(N)c1Br)C(=O)N1CCOCC1. The highest BCUT2D eigenvalue weighted by molar-refractivity contribution is 9.10. The van der Waals surface area contributed by atoms with Gasteiger partial charge in [0.2, 0.25) is 5.91 Å². The van der Waals surface area contributed by atoms with Gasteiger partial charge in [0.15, 0.2) is 0 Å². The van der Waals surface area contributed by atoms with Gasteiger partial charge in [0.05, 0.1) is 13.2 Å². The number of carbonyl (C=O) groups excluding carboxylic acids is 1. The van der Waals surface area contributed by atoms with Crippen LogP contribution < -0.4 is 11.1 Å². The summed E-state index contributed by atoms with van der Waals surface area (Å²) in [5.41, 5.74) is 5.67. The smallest absolute Gasteiger partial charge is 0.244 e. The summed E-state index contributed by atoms with van der Waals surface area (Å²) in [7, 11) is 0. The van der Waals surface area contributed by atoms with E-state index in [4.69, 9.17) is 10.5 Å². The summed E-state index contributed by atoms with van der Waals surface area (Å²) in [6.07, 6.45) is 1.36. The topological polar surface area (TPSA) is 93.4 Å². The lowest BCUT2D eigenvalue weighted by atomic mass is 10.2. The zero-order valence-corrected chi connectivity index (χ0v) is 12.2. The van der Waals surface area contributed by atoms with Crippen molar-refractivity contribution < 1.29 is 9.53 Å². The van der Waals surface area contributed by atoms with E-state index in [1.165, 1.54) is 6.33 Å². The molecule has 7 nitrogen and oxygen atoms in total. The molecule has 19 heavy (non-hydrogen) atoms. The van der Waals surface area contributed by atoms with Gasteiger partial charge in [0, 0.05) is 13.1 Å². The second-order valence-electron chi connectivity index (χ2n) is 4.23. The molecule has 0 aliphatic carbocycles. The molecule has 2 heterocycles. The molecule has 1 aromatic heterocycles.